The number of hydrogen-bond acceptors (Lipinski definition) is 3. The van der Waals surface area contributed by atoms with Gasteiger partial charge in [-0.15, -0.1) is 0 Å². The zero-order valence-electron chi connectivity index (χ0n) is 17.8. The van der Waals surface area contributed by atoms with Crippen LogP contribution in [0, 0.1) is 13.8 Å². The third kappa shape index (κ3) is 6.33. The lowest BCUT2D eigenvalue weighted by atomic mass is 10.1. The Morgan fingerprint density at radius 1 is 0.938 bits per heavy atom. The van der Waals surface area contributed by atoms with Crippen molar-refractivity contribution in [2.75, 3.05) is 18.4 Å². The van der Waals surface area contributed by atoms with Crippen LogP contribution >= 0.6 is 23.2 Å². The summed E-state index contributed by atoms with van der Waals surface area (Å²) in [6.07, 6.45) is 0.440. The number of carbonyl (C=O) groups excluding carboxylic acids is 1. The van der Waals surface area contributed by atoms with Crippen molar-refractivity contribution in [3.8, 4) is 0 Å². The van der Waals surface area contributed by atoms with E-state index in [1.807, 2.05) is 62.4 Å². The van der Waals surface area contributed by atoms with Crippen LogP contribution in [-0.4, -0.2) is 31.7 Å². The molecule has 0 unspecified atom stereocenters. The monoisotopic (exact) mass is 490 g/mol. The van der Waals surface area contributed by atoms with Gasteiger partial charge in [-0.05, 0) is 67.3 Å². The standard InChI is InChI=1S/C24H24Cl2N2O3S/c1-17-12-18(2)14-21(13-17)27-24(29)16-28(11-10-19-6-4-3-5-7-19)32(30,31)23-15-20(25)8-9-22(23)26/h3-9,12-15H,10-11,16H2,1-2H3,(H,27,29). The Kier molecular flexibility index (Phi) is 7.96. The molecule has 1 amide bonds. The van der Waals surface area contributed by atoms with Crippen LogP contribution < -0.4 is 5.32 Å². The molecule has 0 aliphatic carbocycles. The summed E-state index contributed by atoms with van der Waals surface area (Å²) in [4.78, 5) is 12.7. The first-order valence-electron chi connectivity index (χ1n) is 10.0. The first kappa shape index (κ1) is 24.3. The Labute approximate surface area is 199 Å². The average Bonchev–Trinajstić information content (AvgIpc) is 2.72. The summed E-state index contributed by atoms with van der Waals surface area (Å²) in [5.74, 6) is -0.440. The van der Waals surface area contributed by atoms with E-state index in [0.717, 1.165) is 21.0 Å². The fourth-order valence-electron chi connectivity index (χ4n) is 3.40. The molecule has 5 nitrogen and oxygen atoms in total. The lowest BCUT2D eigenvalue weighted by Crippen LogP contribution is -2.39. The van der Waals surface area contributed by atoms with Crippen molar-refractivity contribution >= 4 is 44.8 Å². The van der Waals surface area contributed by atoms with E-state index in [-0.39, 0.29) is 28.0 Å². The predicted molar refractivity (Wildman–Crippen MR) is 130 cm³/mol. The molecule has 0 heterocycles. The molecule has 0 radical (unpaired) electrons. The van der Waals surface area contributed by atoms with Gasteiger partial charge in [-0.25, -0.2) is 8.42 Å². The quantitative estimate of drug-likeness (QED) is 0.454. The molecule has 3 aromatic carbocycles. The molecule has 3 aromatic rings. The maximum Gasteiger partial charge on any atom is 0.245 e. The zero-order valence-corrected chi connectivity index (χ0v) is 20.1. The highest BCUT2D eigenvalue weighted by Gasteiger charge is 2.29. The second-order valence-corrected chi connectivity index (χ2v) is 10.3. The van der Waals surface area contributed by atoms with Gasteiger partial charge in [0.25, 0.3) is 0 Å². The molecule has 0 atom stereocenters. The molecule has 8 heteroatoms. The van der Waals surface area contributed by atoms with E-state index in [1.165, 1.54) is 18.2 Å². The number of amides is 1. The molecule has 0 aliphatic heterocycles. The molecule has 1 N–H and O–H groups in total. The molecular weight excluding hydrogens is 467 g/mol. The number of hydrogen-bond donors (Lipinski definition) is 1. The maximum absolute atomic E-state index is 13.4. The Bertz CT molecular complexity index is 1190. The molecule has 32 heavy (non-hydrogen) atoms. The van der Waals surface area contributed by atoms with Crippen molar-refractivity contribution in [2.45, 2.75) is 25.2 Å². The summed E-state index contributed by atoms with van der Waals surface area (Å²) in [6, 6.07) is 19.4. The highest BCUT2D eigenvalue weighted by atomic mass is 35.5. The molecule has 0 bridgehead atoms. The third-order valence-corrected chi connectivity index (χ3v) is 7.39. The van der Waals surface area contributed by atoms with E-state index in [4.69, 9.17) is 23.2 Å². The maximum atomic E-state index is 13.4. The van der Waals surface area contributed by atoms with Gasteiger partial charge in [-0.3, -0.25) is 4.79 Å². The number of aryl methyl sites for hydroxylation is 2. The van der Waals surface area contributed by atoms with Crippen molar-refractivity contribution < 1.29 is 13.2 Å². The number of anilines is 1. The van der Waals surface area contributed by atoms with Crippen LogP contribution in [0.3, 0.4) is 0 Å². The van der Waals surface area contributed by atoms with E-state index in [9.17, 15) is 13.2 Å². The van der Waals surface area contributed by atoms with Crippen molar-refractivity contribution in [3.05, 3.63) is 93.5 Å². The Morgan fingerprint density at radius 3 is 2.25 bits per heavy atom. The van der Waals surface area contributed by atoms with Gasteiger partial charge in [-0.2, -0.15) is 4.31 Å². The van der Waals surface area contributed by atoms with Gasteiger partial charge in [0.2, 0.25) is 15.9 Å². The SMILES string of the molecule is Cc1cc(C)cc(NC(=O)CN(CCc2ccccc2)S(=O)(=O)c2cc(Cl)ccc2Cl)c1. The second-order valence-electron chi connectivity index (χ2n) is 7.57. The van der Waals surface area contributed by atoms with Crippen molar-refractivity contribution in [2.24, 2.45) is 0 Å². The second kappa shape index (κ2) is 10.5. The van der Waals surface area contributed by atoms with Crippen LogP contribution in [0.15, 0.2) is 71.6 Å². The number of halogens is 2. The largest absolute Gasteiger partial charge is 0.325 e. The van der Waals surface area contributed by atoms with Gasteiger partial charge in [0.05, 0.1) is 11.6 Å². The van der Waals surface area contributed by atoms with Gasteiger partial charge in [0.15, 0.2) is 0 Å². The normalized spacial score (nSPS) is 11.5. The van der Waals surface area contributed by atoms with E-state index >= 15 is 0 Å². The van der Waals surface area contributed by atoms with Crippen LogP contribution in [0.5, 0.6) is 0 Å². The van der Waals surface area contributed by atoms with Crippen LogP contribution in [-0.2, 0) is 21.2 Å². The fourth-order valence-corrected chi connectivity index (χ4v) is 5.54. The molecule has 168 valence electrons. The van der Waals surface area contributed by atoms with E-state index in [2.05, 4.69) is 5.32 Å². The highest BCUT2D eigenvalue weighted by Crippen LogP contribution is 2.28. The van der Waals surface area contributed by atoms with Crippen molar-refractivity contribution in [1.82, 2.24) is 4.31 Å². The van der Waals surface area contributed by atoms with Gasteiger partial charge in [-0.1, -0.05) is 59.6 Å². The molecule has 0 aliphatic rings. The van der Waals surface area contributed by atoms with Crippen LogP contribution in [0.25, 0.3) is 0 Å². The first-order valence-corrected chi connectivity index (χ1v) is 12.2. The molecule has 0 fully saturated rings. The summed E-state index contributed by atoms with van der Waals surface area (Å²) >= 11 is 12.2. The summed E-state index contributed by atoms with van der Waals surface area (Å²) < 4.78 is 28.0. The number of benzene rings is 3. The molecular formula is C24H24Cl2N2O3S. The van der Waals surface area contributed by atoms with Gasteiger partial charge >= 0.3 is 0 Å². The van der Waals surface area contributed by atoms with Gasteiger partial charge in [0.1, 0.15) is 4.90 Å². The number of sulfonamides is 1. The third-order valence-electron chi connectivity index (χ3n) is 4.83. The Morgan fingerprint density at radius 2 is 1.59 bits per heavy atom. The molecule has 0 spiro atoms. The summed E-state index contributed by atoms with van der Waals surface area (Å²) in [7, 11) is -4.07. The minimum absolute atomic E-state index is 0.0498. The minimum atomic E-state index is -4.07. The first-order chi connectivity index (χ1) is 15.1. The highest BCUT2D eigenvalue weighted by molar-refractivity contribution is 7.89. The van der Waals surface area contributed by atoms with Gasteiger partial charge in [0, 0.05) is 17.3 Å². The fraction of sp³-hybridized carbons (Fsp3) is 0.208. The smallest absolute Gasteiger partial charge is 0.245 e. The lowest BCUT2D eigenvalue weighted by Gasteiger charge is -2.23. The molecule has 0 saturated carbocycles. The van der Waals surface area contributed by atoms with Crippen molar-refractivity contribution in [3.63, 3.8) is 0 Å². The minimum Gasteiger partial charge on any atom is -0.325 e. The lowest BCUT2D eigenvalue weighted by molar-refractivity contribution is -0.116. The average molecular weight is 491 g/mol. The van der Waals surface area contributed by atoms with Crippen LogP contribution in [0.1, 0.15) is 16.7 Å². The molecule has 0 saturated heterocycles. The predicted octanol–water partition coefficient (Wildman–Crippen LogP) is 5.48. The Balaban J connectivity index is 1.87. The number of nitrogens with zero attached hydrogens (tertiary/aromatic N) is 1. The zero-order chi connectivity index (χ0) is 23.3. The summed E-state index contributed by atoms with van der Waals surface area (Å²) in [5, 5.41) is 3.09. The van der Waals surface area contributed by atoms with Gasteiger partial charge < -0.3 is 5.32 Å². The van der Waals surface area contributed by atoms with Crippen LogP contribution in [0.2, 0.25) is 10.0 Å². The number of nitrogens with one attached hydrogen (secondary N) is 1. The van der Waals surface area contributed by atoms with E-state index in [1.54, 1.807) is 0 Å². The van der Waals surface area contributed by atoms with Crippen LogP contribution in [0.4, 0.5) is 5.69 Å². The number of rotatable bonds is 8. The molecule has 0 aromatic heterocycles. The Hall–Kier alpha value is -2.38. The van der Waals surface area contributed by atoms with E-state index in [0.29, 0.717) is 12.1 Å². The van der Waals surface area contributed by atoms with E-state index < -0.39 is 15.9 Å². The summed E-state index contributed by atoms with van der Waals surface area (Å²) in [6.45, 7) is 3.61. The molecule has 3 rings (SSSR count). The topological polar surface area (TPSA) is 66.5 Å². The van der Waals surface area contributed by atoms with Crippen molar-refractivity contribution in [1.29, 1.82) is 0 Å². The summed E-state index contributed by atoms with van der Waals surface area (Å²) in [5.41, 5.74) is 3.58. The number of carbonyl (C=O) groups is 1.